The van der Waals surface area contributed by atoms with Crippen LogP contribution in [-0.4, -0.2) is 64.0 Å². The lowest BCUT2D eigenvalue weighted by atomic mass is 9.60. The van der Waals surface area contributed by atoms with Crippen molar-refractivity contribution in [2.45, 2.75) is 29.5 Å². The Hall–Kier alpha value is -3.49. The third-order valence-electron chi connectivity index (χ3n) is 7.63. The molecular formula is C30H29IN2O8. The molecule has 10 nitrogen and oxygen atoms in total. The maximum absolute atomic E-state index is 13.8. The fourth-order valence-electron chi connectivity index (χ4n) is 5.98. The second-order valence-electron chi connectivity index (χ2n) is 9.60. The van der Waals surface area contributed by atoms with Crippen LogP contribution in [0.25, 0.3) is 0 Å². The molecule has 1 aliphatic rings. The second kappa shape index (κ2) is 11.4. The van der Waals surface area contributed by atoms with Crippen LogP contribution >= 0.6 is 22.6 Å². The molecule has 3 aromatic carbocycles. The molecule has 0 aliphatic carbocycles. The number of hydrogen-bond acceptors (Lipinski definition) is 8. The smallest absolute Gasteiger partial charge is 0.330 e. The number of H-pyrrole nitrogens is 1. The first kappa shape index (κ1) is 29.0. The number of aromatic amines is 1. The molecule has 0 unspecified atom stereocenters. The van der Waals surface area contributed by atoms with Gasteiger partial charge in [-0.3, -0.25) is 14.3 Å². The van der Waals surface area contributed by atoms with Gasteiger partial charge in [-0.05, 0) is 39.8 Å². The number of nitrogens with one attached hydrogen (secondary N) is 1. The maximum Gasteiger partial charge on any atom is 0.330 e. The zero-order valence-corrected chi connectivity index (χ0v) is 24.4. The first-order chi connectivity index (χ1) is 19.8. The minimum Gasteiger partial charge on any atom is -0.493 e. The standard InChI is InChI=1S/C30H29IN2O8/c1-39-22-15-9-14-20(25(22)40-2)29(18-10-5-3-6-11-18,19-12-7-4-8-13-19)30(26(36)24(35)23(17-34)41-30)33-16-21(31)27(37)32-28(33)38/h3-16,23-24,26,34-36H,17H2,1-2H3,(H,32,37,38)/t23-,24-,26-,30+/m1/s1. The highest BCUT2D eigenvalue weighted by molar-refractivity contribution is 14.1. The Morgan fingerprint density at radius 2 is 1.56 bits per heavy atom. The predicted octanol–water partition coefficient (Wildman–Crippen LogP) is 1.96. The predicted molar refractivity (Wildman–Crippen MR) is 158 cm³/mol. The van der Waals surface area contributed by atoms with Crippen molar-refractivity contribution in [1.82, 2.24) is 9.55 Å². The SMILES string of the molecule is COc1cccc(C(c2ccccc2)(c2ccccc2)[C@@]2(n3cc(I)c(=O)[nH]c3=O)O[C@H](CO)[C@@H](O)[C@H]2O)c1OC. The molecule has 41 heavy (non-hydrogen) atoms. The summed E-state index contributed by atoms with van der Waals surface area (Å²) in [6.07, 6.45) is -3.45. The van der Waals surface area contributed by atoms with E-state index in [1.165, 1.54) is 20.4 Å². The summed E-state index contributed by atoms with van der Waals surface area (Å²) in [5, 5.41) is 33.7. The van der Waals surface area contributed by atoms with Crippen LogP contribution in [0.5, 0.6) is 11.5 Å². The van der Waals surface area contributed by atoms with Gasteiger partial charge in [0.15, 0.2) is 17.2 Å². The fraction of sp³-hybridized carbons (Fsp3) is 0.267. The number of nitrogens with zero attached hydrogens (tertiary/aromatic N) is 1. The van der Waals surface area contributed by atoms with E-state index in [4.69, 9.17) is 14.2 Å². The third kappa shape index (κ3) is 4.30. The van der Waals surface area contributed by atoms with Gasteiger partial charge in [-0.25, -0.2) is 4.79 Å². The first-order valence-electron chi connectivity index (χ1n) is 12.8. The summed E-state index contributed by atoms with van der Waals surface area (Å²) >= 11 is 1.79. The number of halogens is 1. The van der Waals surface area contributed by atoms with E-state index in [1.807, 2.05) is 36.4 Å². The lowest BCUT2D eigenvalue weighted by molar-refractivity contribution is -0.180. The number of hydrogen-bond donors (Lipinski definition) is 4. The van der Waals surface area contributed by atoms with Crippen LogP contribution in [0.4, 0.5) is 0 Å². The highest BCUT2D eigenvalue weighted by Gasteiger charge is 2.69. The van der Waals surface area contributed by atoms with Crippen LogP contribution < -0.4 is 20.7 Å². The number of methoxy groups -OCH3 is 2. The van der Waals surface area contributed by atoms with Crippen molar-refractivity contribution in [1.29, 1.82) is 0 Å². The topological polar surface area (TPSA) is 143 Å². The highest BCUT2D eigenvalue weighted by atomic mass is 127. The number of aliphatic hydroxyl groups is 3. The molecule has 0 radical (unpaired) electrons. The zero-order valence-electron chi connectivity index (χ0n) is 22.2. The minimum atomic E-state index is -2.19. The lowest BCUT2D eigenvalue weighted by Crippen LogP contribution is -2.64. The number of rotatable bonds is 8. The van der Waals surface area contributed by atoms with E-state index in [2.05, 4.69) is 4.98 Å². The van der Waals surface area contributed by atoms with E-state index in [-0.39, 0.29) is 9.32 Å². The number of aromatic nitrogens is 2. The average molecular weight is 672 g/mol. The molecule has 0 spiro atoms. The number of ether oxygens (including phenoxy) is 3. The third-order valence-corrected chi connectivity index (χ3v) is 8.40. The normalized spacial score (nSPS) is 22.4. The summed E-state index contributed by atoms with van der Waals surface area (Å²) in [5.74, 6) is 0.651. The van der Waals surface area contributed by atoms with Crippen molar-refractivity contribution in [2.24, 2.45) is 0 Å². The van der Waals surface area contributed by atoms with E-state index in [9.17, 15) is 24.9 Å². The van der Waals surface area contributed by atoms with Crippen LogP contribution in [0.1, 0.15) is 16.7 Å². The highest BCUT2D eigenvalue weighted by Crippen LogP contribution is 2.59. The van der Waals surface area contributed by atoms with Crippen LogP contribution in [0, 0.1) is 3.57 Å². The van der Waals surface area contributed by atoms with Gasteiger partial charge in [0.1, 0.15) is 23.7 Å². The van der Waals surface area contributed by atoms with Gasteiger partial charge in [-0.1, -0.05) is 72.8 Å². The molecule has 1 aliphatic heterocycles. The summed E-state index contributed by atoms with van der Waals surface area (Å²) in [6.45, 7) is -0.663. The molecule has 5 rings (SSSR count). The largest absolute Gasteiger partial charge is 0.493 e. The zero-order chi connectivity index (χ0) is 29.4. The van der Waals surface area contributed by atoms with Crippen molar-refractivity contribution in [3.8, 4) is 11.5 Å². The molecule has 0 saturated carbocycles. The molecule has 0 amide bonds. The van der Waals surface area contributed by atoms with Gasteiger partial charge in [-0.2, -0.15) is 0 Å². The van der Waals surface area contributed by atoms with Crippen LogP contribution in [0.15, 0.2) is 94.6 Å². The molecule has 0 bridgehead atoms. The molecule has 4 N–H and O–H groups in total. The lowest BCUT2D eigenvalue weighted by Gasteiger charge is -2.51. The Morgan fingerprint density at radius 1 is 0.951 bits per heavy atom. The average Bonchev–Trinajstić information content (AvgIpc) is 3.26. The summed E-state index contributed by atoms with van der Waals surface area (Å²) < 4.78 is 19.4. The van der Waals surface area contributed by atoms with Crippen molar-refractivity contribution in [3.05, 3.63) is 126 Å². The Kier molecular flexibility index (Phi) is 8.08. The number of para-hydroxylation sites is 1. The molecule has 4 atom stereocenters. The quantitative estimate of drug-likeness (QED) is 0.165. The van der Waals surface area contributed by atoms with E-state index in [1.54, 1.807) is 65.1 Å². The van der Waals surface area contributed by atoms with Crippen molar-refractivity contribution in [2.75, 3.05) is 20.8 Å². The molecule has 1 aromatic heterocycles. The summed E-state index contributed by atoms with van der Waals surface area (Å²) in [4.78, 5) is 28.6. The molecule has 2 heterocycles. The number of aliphatic hydroxyl groups excluding tert-OH is 3. The van der Waals surface area contributed by atoms with Gasteiger partial charge < -0.3 is 29.5 Å². The van der Waals surface area contributed by atoms with Gasteiger partial charge in [-0.15, -0.1) is 0 Å². The monoisotopic (exact) mass is 672 g/mol. The summed E-state index contributed by atoms with van der Waals surface area (Å²) in [6, 6.07) is 23.3. The number of benzene rings is 3. The first-order valence-corrected chi connectivity index (χ1v) is 13.8. The van der Waals surface area contributed by atoms with E-state index < -0.39 is 47.3 Å². The van der Waals surface area contributed by atoms with Gasteiger partial charge in [0.25, 0.3) is 5.56 Å². The van der Waals surface area contributed by atoms with Crippen molar-refractivity contribution >= 4 is 22.6 Å². The van der Waals surface area contributed by atoms with Gasteiger partial charge in [0, 0.05) is 11.8 Å². The van der Waals surface area contributed by atoms with Crippen molar-refractivity contribution in [3.63, 3.8) is 0 Å². The van der Waals surface area contributed by atoms with Crippen molar-refractivity contribution < 1.29 is 29.5 Å². The Labute approximate surface area is 248 Å². The van der Waals surface area contributed by atoms with Crippen LogP contribution in [0.3, 0.4) is 0 Å². The summed E-state index contributed by atoms with van der Waals surface area (Å²) in [7, 11) is 2.96. The maximum atomic E-state index is 13.8. The van der Waals surface area contributed by atoms with E-state index in [0.717, 1.165) is 4.57 Å². The second-order valence-corrected chi connectivity index (χ2v) is 10.8. The van der Waals surface area contributed by atoms with E-state index >= 15 is 0 Å². The molecule has 214 valence electrons. The molecule has 11 heteroatoms. The molecule has 1 fully saturated rings. The van der Waals surface area contributed by atoms with Crippen LogP contribution in [-0.2, 0) is 15.9 Å². The van der Waals surface area contributed by atoms with E-state index in [0.29, 0.717) is 22.4 Å². The summed E-state index contributed by atoms with van der Waals surface area (Å²) in [5.41, 5.74) is -3.84. The van der Waals surface area contributed by atoms with Gasteiger partial charge >= 0.3 is 5.69 Å². The van der Waals surface area contributed by atoms with Gasteiger partial charge in [0.2, 0.25) is 0 Å². The molecule has 4 aromatic rings. The Balaban J connectivity index is 2.11. The van der Waals surface area contributed by atoms with Gasteiger partial charge in [0.05, 0.1) is 24.4 Å². The Morgan fingerprint density at radius 3 is 2.07 bits per heavy atom. The fourth-order valence-corrected chi connectivity index (χ4v) is 6.39. The molecular weight excluding hydrogens is 643 g/mol. The molecule has 1 saturated heterocycles. The van der Waals surface area contributed by atoms with Crippen LogP contribution in [0.2, 0.25) is 0 Å². The minimum absolute atomic E-state index is 0.131. The Bertz CT molecular complexity index is 1600.